The van der Waals surface area contributed by atoms with Crippen molar-refractivity contribution in [1.82, 2.24) is 0 Å². The van der Waals surface area contributed by atoms with Gasteiger partial charge in [0.05, 0.1) is 6.26 Å². The van der Waals surface area contributed by atoms with Crippen LogP contribution in [0, 0.1) is 18.3 Å². The number of carbonyl (C=O) groups excluding carboxylic acids is 1. The van der Waals surface area contributed by atoms with Crippen LogP contribution >= 0.6 is 0 Å². The first-order chi connectivity index (χ1) is 9.41. The Balaban J connectivity index is 1.99. The number of esters is 1. The Morgan fingerprint density at radius 3 is 3.00 bits per heavy atom. The van der Waals surface area contributed by atoms with Crippen molar-refractivity contribution in [3.63, 3.8) is 0 Å². The Labute approximate surface area is 120 Å². The number of aryl methyl sites for hydroxylation is 1. The molecule has 20 heavy (non-hydrogen) atoms. The third-order valence-electron chi connectivity index (χ3n) is 5.20. The van der Waals surface area contributed by atoms with Gasteiger partial charge in [-0.2, -0.15) is 0 Å². The maximum Gasteiger partial charge on any atom is 0.302 e. The topological polar surface area (TPSA) is 39.4 Å². The third-order valence-corrected chi connectivity index (χ3v) is 5.20. The summed E-state index contributed by atoms with van der Waals surface area (Å²) in [4.78, 5) is 11.4. The van der Waals surface area contributed by atoms with Crippen LogP contribution in [0.1, 0.15) is 43.6 Å². The van der Waals surface area contributed by atoms with Crippen LogP contribution in [0.3, 0.4) is 0 Å². The first kappa shape index (κ1) is 13.5. The molecule has 2 aliphatic carbocycles. The SMILES string of the molecule is C=C1CCC(OC(C)=O)C2(C)Cc3occ(C)c3CC12. The predicted molar refractivity (Wildman–Crippen MR) is 76.4 cm³/mol. The van der Waals surface area contributed by atoms with E-state index in [1.165, 1.54) is 23.6 Å². The number of allylic oxidation sites excluding steroid dienone is 1. The maximum atomic E-state index is 11.4. The molecule has 1 fully saturated rings. The first-order valence-corrected chi connectivity index (χ1v) is 7.32. The monoisotopic (exact) mass is 274 g/mol. The average molecular weight is 274 g/mol. The lowest BCUT2D eigenvalue weighted by molar-refractivity contribution is -0.158. The molecule has 0 N–H and O–H groups in total. The van der Waals surface area contributed by atoms with Crippen LogP contribution in [-0.2, 0) is 22.4 Å². The highest BCUT2D eigenvalue weighted by molar-refractivity contribution is 5.66. The number of rotatable bonds is 1. The van der Waals surface area contributed by atoms with E-state index in [2.05, 4.69) is 20.4 Å². The fourth-order valence-electron chi connectivity index (χ4n) is 4.01. The van der Waals surface area contributed by atoms with E-state index in [9.17, 15) is 4.79 Å². The van der Waals surface area contributed by atoms with Gasteiger partial charge >= 0.3 is 5.97 Å². The second-order valence-corrected chi connectivity index (χ2v) is 6.55. The summed E-state index contributed by atoms with van der Waals surface area (Å²) in [6.07, 6.45) is 5.43. The van der Waals surface area contributed by atoms with Crippen molar-refractivity contribution in [1.29, 1.82) is 0 Å². The Morgan fingerprint density at radius 1 is 1.55 bits per heavy atom. The Hall–Kier alpha value is -1.51. The smallest absolute Gasteiger partial charge is 0.302 e. The van der Waals surface area contributed by atoms with Crippen molar-refractivity contribution in [3.8, 4) is 0 Å². The summed E-state index contributed by atoms with van der Waals surface area (Å²) in [5.41, 5.74) is 3.77. The molecule has 1 heterocycles. The molecule has 1 aromatic heterocycles. The summed E-state index contributed by atoms with van der Waals surface area (Å²) < 4.78 is 11.3. The van der Waals surface area contributed by atoms with Crippen molar-refractivity contribution >= 4 is 5.97 Å². The van der Waals surface area contributed by atoms with Gasteiger partial charge in [-0.1, -0.05) is 19.1 Å². The lowest BCUT2D eigenvalue weighted by Crippen LogP contribution is -2.50. The summed E-state index contributed by atoms with van der Waals surface area (Å²) in [5, 5.41) is 0. The van der Waals surface area contributed by atoms with E-state index < -0.39 is 0 Å². The zero-order chi connectivity index (χ0) is 14.5. The minimum Gasteiger partial charge on any atom is -0.469 e. The van der Waals surface area contributed by atoms with Crippen molar-refractivity contribution in [2.75, 3.05) is 0 Å². The molecule has 0 amide bonds. The number of carbonyl (C=O) groups is 1. The normalized spacial score (nSPS) is 32.5. The summed E-state index contributed by atoms with van der Waals surface area (Å²) >= 11 is 0. The number of ether oxygens (including phenoxy) is 1. The summed E-state index contributed by atoms with van der Waals surface area (Å²) in [6, 6.07) is 0. The van der Waals surface area contributed by atoms with Gasteiger partial charge < -0.3 is 9.15 Å². The predicted octanol–water partition coefficient (Wildman–Crippen LogP) is 3.59. The molecule has 1 saturated carbocycles. The van der Waals surface area contributed by atoms with E-state index in [-0.39, 0.29) is 17.5 Å². The van der Waals surface area contributed by atoms with E-state index in [1.807, 2.05) is 6.26 Å². The quantitative estimate of drug-likeness (QED) is 0.580. The molecule has 0 bridgehead atoms. The second kappa shape index (κ2) is 4.51. The minimum absolute atomic E-state index is 0.0333. The molecule has 3 atom stereocenters. The number of furan rings is 1. The highest BCUT2D eigenvalue weighted by Crippen LogP contribution is 2.52. The van der Waals surface area contributed by atoms with Crippen LogP contribution in [-0.4, -0.2) is 12.1 Å². The van der Waals surface area contributed by atoms with Gasteiger partial charge in [0.25, 0.3) is 0 Å². The van der Waals surface area contributed by atoms with Gasteiger partial charge in [-0.05, 0) is 43.2 Å². The van der Waals surface area contributed by atoms with E-state index in [0.29, 0.717) is 5.92 Å². The van der Waals surface area contributed by atoms with E-state index in [0.717, 1.165) is 31.4 Å². The van der Waals surface area contributed by atoms with Crippen molar-refractivity contribution in [3.05, 3.63) is 35.3 Å². The van der Waals surface area contributed by atoms with Gasteiger partial charge in [0.1, 0.15) is 11.9 Å². The molecule has 3 nitrogen and oxygen atoms in total. The van der Waals surface area contributed by atoms with Crippen molar-refractivity contribution in [2.24, 2.45) is 11.3 Å². The number of hydrogen-bond donors (Lipinski definition) is 0. The van der Waals surface area contributed by atoms with Crippen molar-refractivity contribution < 1.29 is 13.9 Å². The largest absolute Gasteiger partial charge is 0.469 e. The summed E-state index contributed by atoms with van der Waals surface area (Å²) in [5.74, 6) is 1.25. The molecule has 3 heteroatoms. The average Bonchev–Trinajstić information content (AvgIpc) is 2.72. The van der Waals surface area contributed by atoms with Gasteiger partial charge in [0, 0.05) is 18.8 Å². The lowest BCUT2D eigenvalue weighted by atomic mass is 9.57. The molecule has 0 aromatic carbocycles. The Bertz CT molecular complexity index is 569. The maximum absolute atomic E-state index is 11.4. The van der Waals surface area contributed by atoms with Crippen LogP contribution in [0.25, 0.3) is 0 Å². The van der Waals surface area contributed by atoms with E-state index in [1.54, 1.807) is 0 Å². The molecule has 3 rings (SSSR count). The zero-order valence-corrected chi connectivity index (χ0v) is 12.5. The lowest BCUT2D eigenvalue weighted by Gasteiger charge is -2.49. The molecule has 0 saturated heterocycles. The molecular weight excluding hydrogens is 252 g/mol. The highest BCUT2D eigenvalue weighted by atomic mass is 16.5. The van der Waals surface area contributed by atoms with Gasteiger partial charge in [0.15, 0.2) is 0 Å². The highest BCUT2D eigenvalue weighted by Gasteiger charge is 2.51. The minimum atomic E-state index is -0.191. The third kappa shape index (κ3) is 1.91. The van der Waals surface area contributed by atoms with Crippen LogP contribution < -0.4 is 0 Å². The molecule has 0 spiro atoms. The molecule has 0 aliphatic heterocycles. The fraction of sp³-hybridized carbons (Fsp3) is 0.588. The Morgan fingerprint density at radius 2 is 2.30 bits per heavy atom. The first-order valence-electron chi connectivity index (χ1n) is 7.32. The van der Waals surface area contributed by atoms with Crippen LogP contribution in [0.4, 0.5) is 0 Å². The number of fused-ring (bicyclic) bond motifs is 2. The van der Waals surface area contributed by atoms with Crippen molar-refractivity contribution in [2.45, 2.75) is 52.6 Å². The molecule has 1 aromatic rings. The van der Waals surface area contributed by atoms with Crippen LogP contribution in [0.2, 0.25) is 0 Å². The van der Waals surface area contributed by atoms with Crippen LogP contribution in [0.15, 0.2) is 22.8 Å². The van der Waals surface area contributed by atoms with Gasteiger partial charge in [0.2, 0.25) is 0 Å². The second-order valence-electron chi connectivity index (χ2n) is 6.55. The van der Waals surface area contributed by atoms with Gasteiger partial charge in [-0.15, -0.1) is 0 Å². The molecular formula is C17H22O3. The Kier molecular flexibility index (Phi) is 3.03. The van der Waals surface area contributed by atoms with Gasteiger partial charge in [-0.25, -0.2) is 0 Å². The molecule has 2 aliphatic rings. The van der Waals surface area contributed by atoms with Gasteiger partial charge in [-0.3, -0.25) is 4.79 Å². The fourth-order valence-corrected chi connectivity index (χ4v) is 4.01. The molecule has 108 valence electrons. The van der Waals surface area contributed by atoms with Crippen LogP contribution in [0.5, 0.6) is 0 Å². The van der Waals surface area contributed by atoms with E-state index in [4.69, 9.17) is 9.15 Å². The summed E-state index contributed by atoms with van der Waals surface area (Å²) in [7, 11) is 0. The standard InChI is InChI=1S/C17H22O3/c1-10-5-6-16(20-12(3)18)17(4)8-15-13(7-14(10)17)11(2)9-19-15/h9,14,16H,1,5-8H2,2-4H3. The van der Waals surface area contributed by atoms with E-state index >= 15 is 0 Å². The molecule has 0 radical (unpaired) electrons. The summed E-state index contributed by atoms with van der Waals surface area (Å²) in [6.45, 7) is 10.1. The number of hydrogen-bond acceptors (Lipinski definition) is 3. The molecule has 3 unspecified atom stereocenters. The zero-order valence-electron chi connectivity index (χ0n) is 12.5.